The van der Waals surface area contributed by atoms with E-state index in [2.05, 4.69) is 24.9 Å². The van der Waals surface area contributed by atoms with Crippen molar-refractivity contribution >= 4 is 18.5 Å². The Hall–Kier alpha value is -0.460. The highest BCUT2D eigenvalue weighted by Gasteiger charge is 2.45. The van der Waals surface area contributed by atoms with E-state index in [0.29, 0.717) is 12.8 Å². The minimum absolute atomic E-state index is 0.000876. The smallest absolute Gasteiger partial charge is 0.308 e. The Morgan fingerprint density at radius 2 is 1.35 bits per heavy atom. The maximum atomic E-state index is 12.8. The summed E-state index contributed by atoms with van der Waals surface area (Å²) in [6.45, 7) is 1.70. The molecule has 6 N–H and O–H groups in total. The van der Waals surface area contributed by atoms with Gasteiger partial charge < -0.3 is 40.3 Å². The number of carbonyl (C=O) groups is 1. The Labute approximate surface area is 286 Å². The van der Waals surface area contributed by atoms with E-state index in [1.807, 2.05) is 0 Å². The average Bonchev–Trinajstić information content (AvgIpc) is 3.05. The number of rotatable bonds is 31. The lowest BCUT2D eigenvalue weighted by molar-refractivity contribution is -0.416. The van der Waals surface area contributed by atoms with Crippen LogP contribution in [-0.4, -0.2) is 87.3 Å². The van der Waals surface area contributed by atoms with Crippen molar-refractivity contribution in [1.82, 2.24) is 5.32 Å². The number of ether oxygens (including phenoxy) is 2. The molecule has 1 aliphatic rings. The van der Waals surface area contributed by atoms with Crippen LogP contribution in [0.25, 0.3) is 0 Å². The Bertz CT molecular complexity index is 719. The number of aliphatic hydroxyl groups excluding tert-OH is 4. The molecule has 0 aliphatic carbocycles. The minimum Gasteiger partial charge on any atom is -0.396 e. The molecule has 1 saturated heterocycles. The lowest BCUT2D eigenvalue weighted by atomic mass is 9.98. The van der Waals surface area contributed by atoms with E-state index in [0.717, 1.165) is 50.7 Å². The van der Waals surface area contributed by atoms with Crippen molar-refractivity contribution in [2.45, 2.75) is 191 Å². The number of hydrogen-bond acceptors (Lipinski definition) is 9. The highest BCUT2D eigenvalue weighted by Crippen LogP contribution is 2.28. The molecule has 9 nitrogen and oxygen atoms in total. The minimum atomic E-state index is -2.32. The normalized spacial score (nSPS) is 22.1. The molecule has 1 heterocycles. The first kappa shape index (κ1) is 43.6. The second-order valence-corrected chi connectivity index (χ2v) is 14.1. The fourth-order valence-electron chi connectivity index (χ4n) is 6.11. The number of carbonyl (C=O) groups excluding carboxylic acids is 1. The number of unbranched alkanes of at least 4 members (excludes halogenated alkanes) is 19. The zero-order valence-corrected chi connectivity index (χ0v) is 30.0. The van der Waals surface area contributed by atoms with Gasteiger partial charge in [-0.2, -0.15) is 12.6 Å². The van der Waals surface area contributed by atoms with Gasteiger partial charge in [0.05, 0.1) is 25.4 Å². The molecule has 10 heteroatoms. The van der Waals surface area contributed by atoms with Gasteiger partial charge in [0, 0.05) is 18.9 Å². The monoisotopic (exact) mass is 677 g/mol. The van der Waals surface area contributed by atoms with Gasteiger partial charge in [0.1, 0.15) is 12.2 Å². The van der Waals surface area contributed by atoms with E-state index >= 15 is 0 Å². The Kier molecular flexibility index (Phi) is 26.9. The lowest BCUT2D eigenvalue weighted by Crippen LogP contribution is -2.57. The third kappa shape index (κ3) is 20.8. The van der Waals surface area contributed by atoms with E-state index in [9.17, 15) is 30.3 Å². The summed E-state index contributed by atoms with van der Waals surface area (Å²) < 4.78 is 10.9. The maximum absolute atomic E-state index is 12.8. The molecule has 0 bridgehead atoms. The molecule has 1 rings (SSSR count). The summed E-state index contributed by atoms with van der Waals surface area (Å²) in [5.41, 5.74) is 0. The van der Waals surface area contributed by atoms with Gasteiger partial charge in [0.25, 0.3) is 0 Å². The summed E-state index contributed by atoms with van der Waals surface area (Å²) in [5.74, 6) is -1.95. The van der Waals surface area contributed by atoms with Crippen LogP contribution < -0.4 is 5.32 Å². The number of aliphatic hydroxyl groups is 5. The van der Waals surface area contributed by atoms with Crippen molar-refractivity contribution in [3.8, 4) is 0 Å². The molecule has 46 heavy (non-hydrogen) atoms. The first-order chi connectivity index (χ1) is 22.3. The van der Waals surface area contributed by atoms with E-state index in [1.54, 1.807) is 0 Å². The first-order valence-electron chi connectivity index (χ1n) is 18.8. The van der Waals surface area contributed by atoms with Crippen LogP contribution >= 0.6 is 12.6 Å². The van der Waals surface area contributed by atoms with Crippen molar-refractivity contribution in [2.75, 3.05) is 25.6 Å². The third-order valence-corrected chi connectivity index (χ3v) is 9.62. The lowest BCUT2D eigenvalue weighted by Gasteiger charge is -2.40. The van der Waals surface area contributed by atoms with Crippen LogP contribution in [0.5, 0.6) is 0 Å². The standard InChI is InChI=1S/C36H71NO8S/c1-2-3-4-5-6-7-8-9-11-14-17-20-23-32(39)35(42)31(29-45-36(43)33(40)26-30(27-38)28-44-36)37-34(41)24-21-18-15-12-10-13-16-19-22-25-46/h30-33,35,38-40,42-43,46H,2-29H2,1H3,(H,37,41). The van der Waals surface area contributed by atoms with Crippen molar-refractivity contribution in [1.29, 1.82) is 0 Å². The summed E-state index contributed by atoms with van der Waals surface area (Å²) in [7, 11) is 0. The summed E-state index contributed by atoms with van der Waals surface area (Å²) >= 11 is 4.25. The van der Waals surface area contributed by atoms with E-state index in [1.165, 1.54) is 89.9 Å². The van der Waals surface area contributed by atoms with Gasteiger partial charge in [-0.05, 0) is 31.4 Å². The van der Waals surface area contributed by atoms with E-state index in [4.69, 9.17) is 9.47 Å². The van der Waals surface area contributed by atoms with Gasteiger partial charge in [-0.25, -0.2) is 0 Å². The number of amides is 1. The van der Waals surface area contributed by atoms with Crippen molar-refractivity contribution in [3.63, 3.8) is 0 Å². The van der Waals surface area contributed by atoms with Gasteiger partial charge in [0.15, 0.2) is 0 Å². The highest BCUT2D eigenvalue weighted by atomic mass is 32.1. The molecular formula is C36H71NO8S. The Balaban J connectivity index is 2.46. The van der Waals surface area contributed by atoms with Crippen LogP contribution in [0.15, 0.2) is 0 Å². The van der Waals surface area contributed by atoms with Crippen LogP contribution in [-0.2, 0) is 14.3 Å². The van der Waals surface area contributed by atoms with Crippen molar-refractivity contribution in [3.05, 3.63) is 0 Å². The molecule has 0 radical (unpaired) electrons. The van der Waals surface area contributed by atoms with Gasteiger partial charge in [-0.15, -0.1) is 0 Å². The highest BCUT2D eigenvalue weighted by molar-refractivity contribution is 7.80. The van der Waals surface area contributed by atoms with Crippen LogP contribution in [0.4, 0.5) is 0 Å². The molecular weight excluding hydrogens is 606 g/mol. The van der Waals surface area contributed by atoms with Crippen LogP contribution in [0.3, 0.4) is 0 Å². The average molecular weight is 678 g/mol. The van der Waals surface area contributed by atoms with Crippen molar-refractivity contribution < 1.29 is 39.8 Å². The first-order valence-corrected chi connectivity index (χ1v) is 19.5. The van der Waals surface area contributed by atoms with Gasteiger partial charge in [-0.3, -0.25) is 4.79 Å². The Morgan fingerprint density at radius 1 is 0.848 bits per heavy atom. The van der Waals surface area contributed by atoms with E-state index < -0.39 is 30.3 Å². The van der Waals surface area contributed by atoms with Crippen molar-refractivity contribution in [2.24, 2.45) is 5.92 Å². The zero-order chi connectivity index (χ0) is 33.9. The molecule has 0 aromatic carbocycles. The molecule has 1 fully saturated rings. The fraction of sp³-hybridized carbons (Fsp3) is 0.972. The summed E-state index contributed by atoms with van der Waals surface area (Å²) in [6, 6.07) is -0.993. The third-order valence-electron chi connectivity index (χ3n) is 9.30. The molecule has 274 valence electrons. The van der Waals surface area contributed by atoms with Gasteiger partial charge >= 0.3 is 5.97 Å². The molecule has 6 unspecified atom stereocenters. The van der Waals surface area contributed by atoms with Crippen LogP contribution in [0.1, 0.15) is 161 Å². The Morgan fingerprint density at radius 3 is 1.85 bits per heavy atom. The molecule has 6 atom stereocenters. The van der Waals surface area contributed by atoms with Crippen LogP contribution in [0.2, 0.25) is 0 Å². The predicted molar refractivity (Wildman–Crippen MR) is 188 cm³/mol. The number of thiol groups is 1. The predicted octanol–water partition coefficient (Wildman–Crippen LogP) is 6.17. The second-order valence-electron chi connectivity index (χ2n) is 13.6. The molecule has 0 saturated carbocycles. The molecule has 1 aliphatic heterocycles. The molecule has 0 aromatic rings. The van der Waals surface area contributed by atoms with Gasteiger partial charge in [0.2, 0.25) is 5.91 Å². The quantitative estimate of drug-likeness (QED) is 0.0262. The zero-order valence-electron chi connectivity index (χ0n) is 29.1. The molecule has 1 amide bonds. The number of hydrogen-bond donors (Lipinski definition) is 7. The van der Waals surface area contributed by atoms with Crippen LogP contribution in [0, 0.1) is 5.92 Å². The van der Waals surface area contributed by atoms with E-state index in [-0.39, 0.29) is 38.1 Å². The molecule has 0 aromatic heterocycles. The largest absolute Gasteiger partial charge is 0.396 e. The second kappa shape index (κ2) is 28.4. The SMILES string of the molecule is CCCCCCCCCCCCCCC(O)C(O)C(COC1(O)OCC(CO)CC1O)NC(=O)CCCCCCCCCCCS. The summed E-state index contributed by atoms with van der Waals surface area (Å²) in [5, 5.41) is 55.2. The number of nitrogens with one attached hydrogen (secondary N) is 1. The fourth-order valence-corrected chi connectivity index (χ4v) is 6.34. The molecule has 0 spiro atoms. The summed E-state index contributed by atoms with van der Waals surface area (Å²) in [6.07, 6.45) is 21.4. The summed E-state index contributed by atoms with van der Waals surface area (Å²) in [4.78, 5) is 12.8. The topological polar surface area (TPSA) is 149 Å². The van der Waals surface area contributed by atoms with Gasteiger partial charge in [-0.1, -0.05) is 129 Å². The maximum Gasteiger partial charge on any atom is 0.308 e.